The Hall–Kier alpha value is -3.33. The van der Waals surface area contributed by atoms with Gasteiger partial charge in [0, 0.05) is 18.7 Å². The van der Waals surface area contributed by atoms with E-state index in [1.54, 1.807) is 13.2 Å². The van der Waals surface area contributed by atoms with Gasteiger partial charge in [-0.2, -0.15) is 0 Å². The number of rotatable bonds is 7. The lowest BCUT2D eigenvalue weighted by molar-refractivity contribution is -0.113. The van der Waals surface area contributed by atoms with Crippen molar-refractivity contribution in [3.8, 4) is 17.2 Å². The predicted molar refractivity (Wildman–Crippen MR) is 122 cm³/mol. The van der Waals surface area contributed by atoms with Crippen LogP contribution in [0.25, 0.3) is 11.5 Å². The lowest BCUT2D eigenvalue weighted by Gasteiger charge is -2.19. The normalized spacial score (nSPS) is 13.2. The van der Waals surface area contributed by atoms with Gasteiger partial charge >= 0.3 is 0 Å². The van der Waals surface area contributed by atoms with E-state index in [0.29, 0.717) is 22.4 Å². The molecule has 0 bridgehead atoms. The third-order valence-corrected chi connectivity index (χ3v) is 6.04. The Labute approximate surface area is 190 Å². The summed E-state index contributed by atoms with van der Waals surface area (Å²) in [6, 6.07) is 12.7. The Bertz CT molecular complexity index is 1110. The SMILES string of the molecule is COc1ccc(-c2nnc(SCC(=O)Nc3cccc(C)c3C(=O)N3CCCC3)o2)cc1. The zero-order chi connectivity index (χ0) is 22.5. The van der Waals surface area contributed by atoms with Crippen LogP contribution in [0.5, 0.6) is 5.75 Å². The van der Waals surface area contributed by atoms with Gasteiger partial charge in [0.1, 0.15) is 5.75 Å². The summed E-state index contributed by atoms with van der Waals surface area (Å²) in [6.45, 7) is 3.39. The van der Waals surface area contributed by atoms with E-state index in [1.807, 2.05) is 48.2 Å². The number of anilines is 1. The number of carbonyl (C=O) groups excluding carboxylic acids is 2. The molecule has 166 valence electrons. The fourth-order valence-electron chi connectivity index (χ4n) is 3.57. The second-order valence-corrected chi connectivity index (χ2v) is 8.36. The number of thioether (sulfide) groups is 1. The highest BCUT2D eigenvalue weighted by Gasteiger charge is 2.24. The molecule has 2 heterocycles. The average molecular weight is 453 g/mol. The van der Waals surface area contributed by atoms with E-state index in [9.17, 15) is 9.59 Å². The second kappa shape index (κ2) is 9.86. The summed E-state index contributed by atoms with van der Waals surface area (Å²) in [5, 5.41) is 11.2. The summed E-state index contributed by atoms with van der Waals surface area (Å²) in [7, 11) is 1.60. The maximum absolute atomic E-state index is 13.0. The molecule has 1 aliphatic rings. The standard InChI is InChI=1S/C23H24N4O4S/c1-15-6-5-7-18(20(15)22(29)27-12-3-4-13-27)24-19(28)14-32-23-26-25-21(31-23)16-8-10-17(30-2)11-9-16/h5-11H,3-4,12-14H2,1-2H3,(H,24,28). The molecule has 0 saturated carbocycles. The molecule has 1 N–H and O–H groups in total. The zero-order valence-corrected chi connectivity index (χ0v) is 18.8. The van der Waals surface area contributed by atoms with E-state index in [0.717, 1.165) is 54.6 Å². The van der Waals surface area contributed by atoms with Gasteiger partial charge in [0.2, 0.25) is 11.8 Å². The summed E-state index contributed by atoms with van der Waals surface area (Å²) in [5.74, 6) is 0.895. The van der Waals surface area contributed by atoms with Crippen LogP contribution in [-0.2, 0) is 4.79 Å². The number of likely N-dealkylation sites (tertiary alicyclic amines) is 1. The highest BCUT2D eigenvalue weighted by Crippen LogP contribution is 2.26. The molecule has 2 aromatic carbocycles. The van der Waals surface area contributed by atoms with Gasteiger partial charge in [0.05, 0.1) is 24.1 Å². The average Bonchev–Trinajstić information content (AvgIpc) is 3.50. The van der Waals surface area contributed by atoms with Gasteiger partial charge < -0.3 is 19.4 Å². The number of aromatic nitrogens is 2. The van der Waals surface area contributed by atoms with E-state index in [1.165, 1.54) is 0 Å². The number of ether oxygens (including phenoxy) is 1. The number of amides is 2. The number of hydrogen-bond donors (Lipinski definition) is 1. The van der Waals surface area contributed by atoms with Gasteiger partial charge in [-0.1, -0.05) is 23.9 Å². The van der Waals surface area contributed by atoms with Crippen LogP contribution in [0.15, 0.2) is 52.1 Å². The molecule has 9 heteroatoms. The largest absolute Gasteiger partial charge is 0.497 e. The van der Waals surface area contributed by atoms with Gasteiger partial charge in [-0.15, -0.1) is 10.2 Å². The minimum atomic E-state index is -0.250. The van der Waals surface area contributed by atoms with Crippen molar-refractivity contribution in [1.82, 2.24) is 15.1 Å². The van der Waals surface area contributed by atoms with Crippen molar-refractivity contribution < 1.29 is 18.7 Å². The Balaban J connectivity index is 1.39. The molecule has 0 atom stereocenters. The summed E-state index contributed by atoms with van der Waals surface area (Å²) in [5.41, 5.74) is 2.68. The fourth-order valence-corrected chi connectivity index (χ4v) is 4.13. The number of benzene rings is 2. The highest BCUT2D eigenvalue weighted by atomic mass is 32.2. The van der Waals surface area contributed by atoms with Crippen LogP contribution in [0.3, 0.4) is 0 Å². The molecular formula is C23H24N4O4S. The quantitative estimate of drug-likeness (QED) is 0.541. The monoisotopic (exact) mass is 452 g/mol. The summed E-state index contributed by atoms with van der Waals surface area (Å²) in [6.07, 6.45) is 2.03. The van der Waals surface area contributed by atoms with Crippen LogP contribution < -0.4 is 10.1 Å². The van der Waals surface area contributed by atoms with Crippen LogP contribution in [0, 0.1) is 6.92 Å². The first kappa shape index (κ1) is 21.9. The van der Waals surface area contributed by atoms with Crippen molar-refractivity contribution in [2.75, 3.05) is 31.3 Å². The maximum Gasteiger partial charge on any atom is 0.277 e. The topological polar surface area (TPSA) is 97.6 Å². The summed E-state index contributed by atoms with van der Waals surface area (Å²) >= 11 is 1.14. The van der Waals surface area contributed by atoms with Crippen molar-refractivity contribution in [3.63, 3.8) is 0 Å². The molecule has 0 unspecified atom stereocenters. The number of aryl methyl sites for hydroxylation is 1. The van der Waals surface area contributed by atoms with E-state index in [2.05, 4.69) is 15.5 Å². The van der Waals surface area contributed by atoms with Crippen molar-refractivity contribution in [2.45, 2.75) is 25.0 Å². The Kier molecular flexibility index (Phi) is 6.75. The minimum Gasteiger partial charge on any atom is -0.497 e. The molecule has 8 nitrogen and oxygen atoms in total. The van der Waals surface area contributed by atoms with Crippen molar-refractivity contribution in [3.05, 3.63) is 53.6 Å². The van der Waals surface area contributed by atoms with Crippen molar-refractivity contribution >= 4 is 29.3 Å². The first-order valence-electron chi connectivity index (χ1n) is 10.3. The molecule has 1 saturated heterocycles. The first-order valence-corrected chi connectivity index (χ1v) is 11.3. The lowest BCUT2D eigenvalue weighted by Crippen LogP contribution is -2.29. The van der Waals surface area contributed by atoms with Gasteiger partial charge in [0.15, 0.2) is 0 Å². The summed E-state index contributed by atoms with van der Waals surface area (Å²) < 4.78 is 10.8. The van der Waals surface area contributed by atoms with E-state index < -0.39 is 0 Å². The molecule has 32 heavy (non-hydrogen) atoms. The lowest BCUT2D eigenvalue weighted by atomic mass is 10.0. The van der Waals surface area contributed by atoms with Gasteiger partial charge in [-0.05, 0) is 55.7 Å². The molecule has 3 aromatic rings. The third-order valence-electron chi connectivity index (χ3n) is 5.22. The molecule has 1 aliphatic heterocycles. The molecule has 0 aliphatic carbocycles. The first-order chi connectivity index (χ1) is 15.5. The van der Waals surface area contributed by atoms with Crippen LogP contribution in [0.4, 0.5) is 5.69 Å². The molecule has 0 radical (unpaired) electrons. The van der Waals surface area contributed by atoms with E-state index in [4.69, 9.17) is 9.15 Å². The molecule has 1 aromatic heterocycles. The number of nitrogens with one attached hydrogen (secondary N) is 1. The second-order valence-electron chi connectivity index (χ2n) is 7.44. The fraction of sp³-hybridized carbons (Fsp3) is 0.304. The Morgan fingerprint density at radius 2 is 1.88 bits per heavy atom. The Morgan fingerprint density at radius 3 is 2.59 bits per heavy atom. The predicted octanol–water partition coefficient (Wildman–Crippen LogP) is 4.02. The van der Waals surface area contributed by atoms with Gasteiger partial charge in [-0.3, -0.25) is 9.59 Å². The van der Waals surface area contributed by atoms with E-state index in [-0.39, 0.29) is 17.6 Å². The van der Waals surface area contributed by atoms with Crippen LogP contribution in [0.2, 0.25) is 0 Å². The third kappa shape index (κ3) is 4.94. The number of methoxy groups -OCH3 is 1. The van der Waals surface area contributed by atoms with Crippen LogP contribution >= 0.6 is 11.8 Å². The zero-order valence-electron chi connectivity index (χ0n) is 18.0. The smallest absolute Gasteiger partial charge is 0.277 e. The van der Waals surface area contributed by atoms with Crippen molar-refractivity contribution in [1.29, 1.82) is 0 Å². The van der Waals surface area contributed by atoms with Gasteiger partial charge in [-0.25, -0.2) is 0 Å². The molecule has 1 fully saturated rings. The molecule has 0 spiro atoms. The molecule has 4 rings (SSSR count). The Morgan fingerprint density at radius 1 is 1.12 bits per heavy atom. The van der Waals surface area contributed by atoms with Crippen molar-refractivity contribution in [2.24, 2.45) is 0 Å². The number of carbonyl (C=O) groups is 2. The van der Waals surface area contributed by atoms with Crippen LogP contribution in [0.1, 0.15) is 28.8 Å². The molecule has 2 amide bonds. The number of hydrogen-bond acceptors (Lipinski definition) is 7. The number of nitrogens with zero attached hydrogens (tertiary/aromatic N) is 3. The van der Waals surface area contributed by atoms with Crippen LogP contribution in [-0.4, -0.2) is 52.9 Å². The van der Waals surface area contributed by atoms with E-state index >= 15 is 0 Å². The molecular weight excluding hydrogens is 428 g/mol. The maximum atomic E-state index is 13.0. The minimum absolute atomic E-state index is 0.0374. The highest BCUT2D eigenvalue weighted by molar-refractivity contribution is 7.99. The van der Waals surface area contributed by atoms with Gasteiger partial charge in [0.25, 0.3) is 11.1 Å². The summed E-state index contributed by atoms with van der Waals surface area (Å²) in [4.78, 5) is 27.4.